The van der Waals surface area contributed by atoms with E-state index in [1.165, 1.54) is 12.3 Å². The Morgan fingerprint density at radius 2 is 2.17 bits per heavy atom. The van der Waals surface area contributed by atoms with Gasteiger partial charge >= 0.3 is 12.6 Å². The van der Waals surface area contributed by atoms with Crippen molar-refractivity contribution in [1.29, 1.82) is 0 Å². The molecule has 2 aliphatic rings. The van der Waals surface area contributed by atoms with E-state index in [4.69, 9.17) is 0 Å². The van der Waals surface area contributed by atoms with Crippen molar-refractivity contribution in [2.75, 3.05) is 0 Å². The summed E-state index contributed by atoms with van der Waals surface area (Å²) < 4.78 is 41.3. The summed E-state index contributed by atoms with van der Waals surface area (Å²) in [5.41, 5.74) is 0.722. The summed E-state index contributed by atoms with van der Waals surface area (Å²) in [6.07, 6.45) is 3.52. The van der Waals surface area contributed by atoms with Crippen LogP contribution in [0.5, 0.6) is 5.88 Å². The molecule has 0 atom stereocenters. The third-order valence-electron chi connectivity index (χ3n) is 4.47. The van der Waals surface area contributed by atoms with Crippen LogP contribution in [-0.4, -0.2) is 29.8 Å². The number of carbonyl (C=O) groups excluding carboxylic acids is 1. The van der Waals surface area contributed by atoms with E-state index in [0.717, 1.165) is 12.8 Å². The fourth-order valence-electron chi connectivity index (χ4n) is 3.44. The molecule has 1 heterocycles. The Morgan fingerprint density at radius 3 is 2.83 bits per heavy atom. The third-order valence-corrected chi connectivity index (χ3v) is 4.47. The van der Waals surface area contributed by atoms with E-state index in [9.17, 15) is 18.0 Å². The quantitative estimate of drug-likeness (QED) is 0.869. The lowest BCUT2D eigenvalue weighted by Gasteiger charge is -2.55. The van der Waals surface area contributed by atoms with E-state index >= 15 is 0 Å². The van der Waals surface area contributed by atoms with E-state index in [2.05, 4.69) is 20.4 Å². The smallest absolute Gasteiger partial charge is 0.388 e. The Morgan fingerprint density at radius 1 is 1.43 bits per heavy atom. The molecule has 1 aromatic heterocycles. The Kier molecular flexibility index (Phi) is 4.32. The van der Waals surface area contributed by atoms with E-state index in [1.54, 1.807) is 6.07 Å². The molecular weight excluding hydrogens is 311 g/mol. The first kappa shape index (κ1) is 15.9. The van der Waals surface area contributed by atoms with Gasteiger partial charge in [-0.3, -0.25) is 0 Å². The number of nitrogens with one attached hydrogen (secondary N) is 2. The van der Waals surface area contributed by atoms with Crippen LogP contribution in [-0.2, 0) is 6.54 Å². The molecule has 130 valence electrons. The molecule has 8 heteroatoms. The molecule has 1 spiro atoms. The number of urea groups is 1. The molecule has 2 saturated carbocycles. The topological polar surface area (TPSA) is 63.2 Å². The first-order valence-corrected chi connectivity index (χ1v) is 7.52. The minimum absolute atomic E-state index is 0. The highest BCUT2D eigenvalue weighted by Gasteiger charge is 2.53. The van der Waals surface area contributed by atoms with Gasteiger partial charge in [-0.2, -0.15) is 8.78 Å². The van der Waals surface area contributed by atoms with Crippen LogP contribution in [0.4, 0.5) is 18.0 Å². The van der Waals surface area contributed by atoms with Crippen molar-refractivity contribution in [1.82, 2.24) is 15.6 Å². The second-order valence-electron chi connectivity index (χ2n) is 6.32. The van der Waals surface area contributed by atoms with E-state index in [0.29, 0.717) is 18.4 Å². The van der Waals surface area contributed by atoms with Crippen LogP contribution in [0.25, 0.3) is 0 Å². The summed E-state index contributed by atoms with van der Waals surface area (Å²) in [6, 6.07) is 2.71. The Bertz CT molecular complexity index is 581. The molecule has 0 saturated heterocycles. The minimum atomic E-state index is -2.93. The van der Waals surface area contributed by atoms with Crippen molar-refractivity contribution in [3.8, 4) is 5.88 Å². The molecule has 2 amide bonds. The summed E-state index contributed by atoms with van der Waals surface area (Å²) in [6.45, 7) is -2.76. The lowest BCUT2D eigenvalue weighted by molar-refractivity contribution is -0.0589. The molecule has 0 aliphatic heterocycles. The van der Waals surface area contributed by atoms with E-state index in [-0.39, 0.29) is 32.8 Å². The molecule has 5 nitrogen and oxygen atoms in total. The zero-order chi connectivity index (χ0) is 16.4. The van der Waals surface area contributed by atoms with Gasteiger partial charge in [-0.25, -0.2) is 14.2 Å². The molecule has 3 rings (SSSR count). The number of rotatable bonds is 5. The molecule has 1 aromatic rings. The van der Waals surface area contributed by atoms with Crippen LogP contribution >= 0.6 is 0 Å². The standard InChI is InChI=1S/C15H18F3N3O2.2H2/c16-10-4-15(5-10)6-11(7-15)21-14(22)20-8-9-1-2-19-12(3-9)23-13(17)18;;/h1-3,10-11,13H,4-8H2,(H2,20,21,22);2*1H. The highest BCUT2D eigenvalue weighted by Crippen LogP contribution is 2.56. The number of halogens is 3. The number of carbonyl (C=O) groups is 1. The summed E-state index contributed by atoms with van der Waals surface area (Å²) in [7, 11) is 0. The maximum Gasteiger partial charge on any atom is 0.388 e. The van der Waals surface area contributed by atoms with Crippen LogP contribution in [0.15, 0.2) is 18.3 Å². The summed E-state index contributed by atoms with van der Waals surface area (Å²) in [5, 5.41) is 5.49. The Balaban J connectivity index is 0.00000156. The van der Waals surface area contributed by atoms with E-state index < -0.39 is 12.8 Å². The molecule has 0 aromatic carbocycles. The van der Waals surface area contributed by atoms with Crippen molar-refractivity contribution in [2.24, 2.45) is 5.41 Å². The normalized spacial score (nSPS) is 28.9. The molecular formula is C15H22F3N3O2. The van der Waals surface area contributed by atoms with Crippen LogP contribution in [0.2, 0.25) is 0 Å². The molecule has 2 aliphatic carbocycles. The molecule has 2 fully saturated rings. The fourth-order valence-corrected chi connectivity index (χ4v) is 3.44. The van der Waals surface area contributed by atoms with Gasteiger partial charge in [0.1, 0.15) is 6.17 Å². The molecule has 0 unspecified atom stereocenters. The van der Waals surface area contributed by atoms with Gasteiger partial charge in [-0.05, 0) is 42.7 Å². The first-order valence-electron chi connectivity index (χ1n) is 7.52. The number of alkyl halides is 3. The average molecular weight is 333 g/mol. The number of aromatic nitrogens is 1. The van der Waals surface area contributed by atoms with Gasteiger partial charge in [0, 0.05) is 27.7 Å². The monoisotopic (exact) mass is 333 g/mol. The fraction of sp³-hybridized carbons (Fsp3) is 0.600. The van der Waals surface area contributed by atoms with Crippen molar-refractivity contribution in [3.63, 3.8) is 0 Å². The average Bonchev–Trinajstić information content (AvgIpc) is 2.41. The Labute approximate surface area is 134 Å². The highest BCUT2D eigenvalue weighted by atomic mass is 19.3. The third kappa shape index (κ3) is 3.86. The zero-order valence-electron chi connectivity index (χ0n) is 12.4. The predicted octanol–water partition coefficient (Wildman–Crippen LogP) is 3.25. The van der Waals surface area contributed by atoms with Gasteiger partial charge in [-0.15, -0.1) is 0 Å². The molecule has 2 N–H and O–H groups in total. The number of ether oxygens (including phenoxy) is 1. The largest absolute Gasteiger partial charge is 0.417 e. The van der Waals surface area contributed by atoms with Crippen molar-refractivity contribution >= 4 is 6.03 Å². The molecule has 0 radical (unpaired) electrons. The molecule has 0 bridgehead atoms. The van der Waals surface area contributed by atoms with Crippen LogP contribution in [0.3, 0.4) is 0 Å². The first-order chi connectivity index (χ1) is 10.9. The van der Waals surface area contributed by atoms with Gasteiger partial charge in [0.25, 0.3) is 0 Å². The van der Waals surface area contributed by atoms with E-state index in [1.807, 2.05) is 0 Å². The van der Waals surface area contributed by atoms with Gasteiger partial charge in [0.05, 0.1) is 0 Å². The number of nitrogens with zero attached hydrogens (tertiary/aromatic N) is 1. The predicted molar refractivity (Wildman–Crippen MR) is 80.1 cm³/mol. The maximum absolute atomic E-state index is 12.9. The molecule has 23 heavy (non-hydrogen) atoms. The van der Waals surface area contributed by atoms with Crippen molar-refractivity contribution in [2.45, 2.75) is 51.1 Å². The second kappa shape index (κ2) is 6.25. The number of pyridine rings is 1. The van der Waals surface area contributed by atoms with Gasteiger partial charge < -0.3 is 15.4 Å². The van der Waals surface area contributed by atoms with Crippen LogP contribution in [0, 0.1) is 5.41 Å². The maximum atomic E-state index is 12.9. The highest BCUT2D eigenvalue weighted by molar-refractivity contribution is 5.74. The number of hydrogen-bond donors (Lipinski definition) is 2. The van der Waals surface area contributed by atoms with Gasteiger partial charge in [0.15, 0.2) is 0 Å². The van der Waals surface area contributed by atoms with Crippen LogP contribution in [0.1, 0.15) is 34.1 Å². The lowest BCUT2D eigenvalue weighted by atomic mass is 9.53. The minimum Gasteiger partial charge on any atom is -0.417 e. The summed E-state index contributed by atoms with van der Waals surface area (Å²) in [4.78, 5) is 15.5. The van der Waals surface area contributed by atoms with Crippen molar-refractivity contribution < 1.29 is 25.6 Å². The zero-order valence-corrected chi connectivity index (χ0v) is 12.4. The van der Waals surface area contributed by atoms with Gasteiger partial charge in [0.2, 0.25) is 5.88 Å². The SMILES string of the molecule is O=C(NCc1ccnc(OC(F)F)c1)NC1CC2(CC(F)C2)C1.[HH].[HH]. The number of amides is 2. The second-order valence-corrected chi connectivity index (χ2v) is 6.32. The van der Waals surface area contributed by atoms with Crippen molar-refractivity contribution in [3.05, 3.63) is 23.9 Å². The Hall–Kier alpha value is -1.99. The summed E-state index contributed by atoms with van der Waals surface area (Å²) >= 11 is 0. The van der Waals surface area contributed by atoms with Crippen LogP contribution < -0.4 is 15.4 Å². The number of hydrogen-bond acceptors (Lipinski definition) is 3. The lowest BCUT2D eigenvalue weighted by Crippen LogP contribution is -2.58. The van der Waals surface area contributed by atoms with Gasteiger partial charge in [-0.1, -0.05) is 0 Å². The summed E-state index contributed by atoms with van der Waals surface area (Å²) in [5.74, 6) is -0.189.